The SMILES string of the molecule is Cc1nc(Nc2ccc(C(=O)NCCCO)cc2)nc(Nc2cccc(S(=O)(=O)NC(C)(C)C)c2)c1C. The number of aliphatic hydroxyl groups is 1. The van der Waals surface area contributed by atoms with Crippen molar-refractivity contribution in [3.63, 3.8) is 0 Å². The van der Waals surface area contributed by atoms with Gasteiger partial charge in [0.15, 0.2) is 0 Å². The lowest BCUT2D eigenvalue weighted by atomic mass is 10.1. The first-order valence-electron chi connectivity index (χ1n) is 11.9. The number of hydrogen-bond donors (Lipinski definition) is 5. The van der Waals surface area contributed by atoms with E-state index < -0.39 is 15.6 Å². The van der Waals surface area contributed by atoms with E-state index in [9.17, 15) is 13.2 Å². The van der Waals surface area contributed by atoms with Crippen LogP contribution in [0.3, 0.4) is 0 Å². The van der Waals surface area contributed by atoms with Gasteiger partial charge < -0.3 is 21.1 Å². The topological polar surface area (TPSA) is 145 Å². The van der Waals surface area contributed by atoms with Gasteiger partial charge in [-0.1, -0.05) is 6.07 Å². The Bertz CT molecular complexity index is 1350. The lowest BCUT2D eigenvalue weighted by molar-refractivity contribution is 0.0951. The zero-order chi connectivity index (χ0) is 27.2. The summed E-state index contributed by atoms with van der Waals surface area (Å²) < 4.78 is 28.2. The Balaban J connectivity index is 1.78. The fraction of sp³-hybridized carbons (Fsp3) is 0.346. The van der Waals surface area contributed by atoms with Crippen LogP contribution < -0.4 is 20.7 Å². The van der Waals surface area contributed by atoms with Crippen molar-refractivity contribution in [1.82, 2.24) is 20.0 Å². The number of benzene rings is 2. The number of aromatic nitrogens is 2. The molecule has 0 saturated carbocycles. The minimum absolute atomic E-state index is 0.0227. The summed E-state index contributed by atoms with van der Waals surface area (Å²) in [5, 5.41) is 17.9. The molecular weight excluding hydrogens is 492 g/mol. The average molecular weight is 527 g/mol. The molecule has 3 rings (SSSR count). The molecule has 0 fully saturated rings. The number of carbonyl (C=O) groups is 1. The maximum absolute atomic E-state index is 12.8. The number of sulfonamides is 1. The molecule has 0 unspecified atom stereocenters. The summed E-state index contributed by atoms with van der Waals surface area (Å²) in [5.74, 6) is 0.674. The van der Waals surface area contributed by atoms with Crippen LogP contribution in [0.1, 0.15) is 48.8 Å². The summed E-state index contributed by atoms with van der Waals surface area (Å²) in [6.45, 7) is 9.54. The second-order valence-corrected chi connectivity index (χ2v) is 11.3. The molecule has 0 aliphatic heterocycles. The smallest absolute Gasteiger partial charge is 0.251 e. The third-order valence-electron chi connectivity index (χ3n) is 5.26. The first kappa shape index (κ1) is 28.0. The zero-order valence-electron chi connectivity index (χ0n) is 21.7. The van der Waals surface area contributed by atoms with Gasteiger partial charge in [0.05, 0.1) is 4.90 Å². The zero-order valence-corrected chi connectivity index (χ0v) is 22.5. The number of nitrogens with zero attached hydrogens (tertiary/aromatic N) is 2. The lowest BCUT2D eigenvalue weighted by Crippen LogP contribution is -2.40. The molecule has 0 radical (unpaired) electrons. The summed E-state index contributed by atoms with van der Waals surface area (Å²) in [4.78, 5) is 21.4. The third-order valence-corrected chi connectivity index (χ3v) is 7.02. The van der Waals surface area contributed by atoms with Crippen molar-refractivity contribution in [1.29, 1.82) is 0 Å². The summed E-state index contributed by atoms with van der Waals surface area (Å²) in [5.41, 5.74) is 2.73. The fourth-order valence-corrected chi connectivity index (χ4v) is 4.83. The van der Waals surface area contributed by atoms with E-state index in [2.05, 4.69) is 30.6 Å². The molecule has 11 heteroatoms. The molecule has 3 aromatic rings. The van der Waals surface area contributed by atoms with Gasteiger partial charge in [-0.05, 0) is 83.5 Å². The van der Waals surface area contributed by atoms with Gasteiger partial charge in [0.2, 0.25) is 16.0 Å². The van der Waals surface area contributed by atoms with Crippen LogP contribution in [0.2, 0.25) is 0 Å². The lowest BCUT2D eigenvalue weighted by Gasteiger charge is -2.20. The normalized spacial score (nSPS) is 11.7. The maximum Gasteiger partial charge on any atom is 0.251 e. The molecule has 0 bridgehead atoms. The van der Waals surface area contributed by atoms with E-state index in [0.29, 0.717) is 41.7 Å². The van der Waals surface area contributed by atoms with Crippen molar-refractivity contribution in [3.05, 3.63) is 65.4 Å². The van der Waals surface area contributed by atoms with Gasteiger partial charge in [-0.3, -0.25) is 4.79 Å². The number of carbonyl (C=O) groups excluding carboxylic acids is 1. The molecule has 1 amide bonds. The molecule has 5 N–H and O–H groups in total. The predicted octanol–water partition coefficient (Wildman–Crippen LogP) is 3.77. The van der Waals surface area contributed by atoms with Crippen molar-refractivity contribution in [2.75, 3.05) is 23.8 Å². The molecule has 198 valence electrons. The van der Waals surface area contributed by atoms with E-state index >= 15 is 0 Å². The highest BCUT2D eigenvalue weighted by atomic mass is 32.2. The van der Waals surface area contributed by atoms with Crippen molar-refractivity contribution in [2.24, 2.45) is 0 Å². The number of rotatable bonds is 10. The van der Waals surface area contributed by atoms with Crippen LogP contribution in [0.25, 0.3) is 0 Å². The fourth-order valence-electron chi connectivity index (χ4n) is 3.36. The molecular formula is C26H34N6O4S. The number of amides is 1. The molecule has 1 heterocycles. The Hall–Kier alpha value is -3.54. The summed E-state index contributed by atoms with van der Waals surface area (Å²) in [6.07, 6.45) is 0.500. The van der Waals surface area contributed by atoms with E-state index in [-0.39, 0.29) is 17.4 Å². The van der Waals surface area contributed by atoms with Crippen LogP contribution in [0.4, 0.5) is 23.1 Å². The van der Waals surface area contributed by atoms with Gasteiger partial charge >= 0.3 is 0 Å². The minimum Gasteiger partial charge on any atom is -0.396 e. The van der Waals surface area contributed by atoms with Crippen LogP contribution in [-0.2, 0) is 10.0 Å². The standard InChI is InChI=1S/C26H34N6O4S/c1-17-18(2)28-25(30-20-12-10-19(11-13-20)24(34)27-14-7-15-33)31-23(17)29-21-8-6-9-22(16-21)37(35,36)32-26(3,4)5/h6,8-13,16,32-33H,7,14-15H2,1-5H3,(H,27,34)(H2,28,29,30,31). The van der Waals surface area contributed by atoms with Crippen LogP contribution in [0, 0.1) is 13.8 Å². The van der Waals surface area contributed by atoms with Crippen LogP contribution >= 0.6 is 0 Å². The third kappa shape index (κ3) is 7.97. The Labute approximate surface area is 218 Å². The van der Waals surface area contributed by atoms with E-state index in [0.717, 1.165) is 11.3 Å². The van der Waals surface area contributed by atoms with E-state index in [1.807, 2.05) is 13.8 Å². The first-order chi connectivity index (χ1) is 17.4. The number of aryl methyl sites for hydroxylation is 1. The monoisotopic (exact) mass is 526 g/mol. The molecule has 0 aliphatic carbocycles. The van der Waals surface area contributed by atoms with Crippen molar-refractivity contribution in [3.8, 4) is 0 Å². The van der Waals surface area contributed by atoms with E-state index in [1.165, 1.54) is 0 Å². The van der Waals surface area contributed by atoms with Gasteiger partial charge in [0.1, 0.15) is 5.82 Å². The van der Waals surface area contributed by atoms with E-state index in [1.54, 1.807) is 69.3 Å². The van der Waals surface area contributed by atoms with Gasteiger partial charge in [0.25, 0.3) is 5.91 Å². The Morgan fingerprint density at radius 3 is 2.32 bits per heavy atom. The van der Waals surface area contributed by atoms with Gasteiger partial charge in [-0.15, -0.1) is 0 Å². The molecule has 10 nitrogen and oxygen atoms in total. The van der Waals surface area contributed by atoms with Gasteiger partial charge in [0, 0.05) is 46.9 Å². The Morgan fingerprint density at radius 1 is 0.973 bits per heavy atom. The highest BCUT2D eigenvalue weighted by Gasteiger charge is 2.22. The van der Waals surface area contributed by atoms with Crippen LogP contribution in [0.5, 0.6) is 0 Å². The van der Waals surface area contributed by atoms with Crippen molar-refractivity contribution in [2.45, 2.75) is 51.5 Å². The van der Waals surface area contributed by atoms with E-state index in [4.69, 9.17) is 5.11 Å². The molecule has 37 heavy (non-hydrogen) atoms. The first-order valence-corrected chi connectivity index (χ1v) is 13.4. The number of aliphatic hydroxyl groups excluding tert-OH is 1. The Morgan fingerprint density at radius 2 is 1.68 bits per heavy atom. The maximum atomic E-state index is 12.8. The molecule has 2 aromatic carbocycles. The Kier molecular flexibility index (Phi) is 8.85. The summed E-state index contributed by atoms with van der Waals surface area (Å²) in [7, 11) is -3.69. The van der Waals surface area contributed by atoms with Crippen molar-refractivity contribution >= 4 is 39.1 Å². The average Bonchev–Trinajstić information content (AvgIpc) is 2.81. The second kappa shape index (κ2) is 11.7. The minimum atomic E-state index is -3.69. The van der Waals surface area contributed by atoms with Crippen LogP contribution in [0.15, 0.2) is 53.4 Å². The van der Waals surface area contributed by atoms with Crippen LogP contribution in [-0.4, -0.2) is 48.1 Å². The van der Waals surface area contributed by atoms with Crippen molar-refractivity contribution < 1.29 is 18.3 Å². The molecule has 1 aromatic heterocycles. The molecule has 0 saturated heterocycles. The number of hydrogen-bond acceptors (Lipinski definition) is 8. The highest BCUT2D eigenvalue weighted by molar-refractivity contribution is 7.89. The molecule has 0 aliphatic rings. The quantitative estimate of drug-likeness (QED) is 0.251. The second-order valence-electron chi connectivity index (χ2n) is 9.65. The largest absolute Gasteiger partial charge is 0.396 e. The molecule has 0 atom stereocenters. The predicted molar refractivity (Wildman–Crippen MR) is 145 cm³/mol. The summed E-state index contributed by atoms with van der Waals surface area (Å²) >= 11 is 0. The number of anilines is 4. The van der Waals surface area contributed by atoms with Gasteiger partial charge in [-0.2, -0.15) is 4.98 Å². The molecule has 0 spiro atoms. The summed E-state index contributed by atoms with van der Waals surface area (Å²) in [6, 6.07) is 13.4. The van der Waals surface area contributed by atoms with Gasteiger partial charge in [-0.25, -0.2) is 18.1 Å². The highest BCUT2D eigenvalue weighted by Crippen LogP contribution is 2.25. The number of nitrogens with one attached hydrogen (secondary N) is 4.